The zero-order valence-corrected chi connectivity index (χ0v) is 21.2. The Balaban J connectivity index is 3.04. The Kier molecular flexibility index (Phi) is 27.0. The van der Waals surface area contributed by atoms with Gasteiger partial charge in [-0.2, -0.15) is 0 Å². The van der Waals surface area contributed by atoms with Crippen LogP contribution in [0.25, 0.3) is 0 Å². The van der Waals surface area contributed by atoms with Crippen LogP contribution in [0.3, 0.4) is 0 Å². The van der Waals surface area contributed by atoms with E-state index in [2.05, 4.69) is 12.2 Å². The number of nitrogens with one attached hydrogen (secondary N) is 1. The summed E-state index contributed by atoms with van der Waals surface area (Å²) in [4.78, 5) is 11.4. The van der Waals surface area contributed by atoms with E-state index in [-0.39, 0.29) is 12.5 Å². The first-order valence-electron chi connectivity index (χ1n) is 14.2. The second-order valence-electron chi connectivity index (χ2n) is 9.60. The Morgan fingerprint density at radius 3 is 1.16 bits per heavy atom. The van der Waals surface area contributed by atoms with Crippen molar-refractivity contribution in [3.8, 4) is 0 Å². The molecule has 0 radical (unpaired) electrons. The third kappa shape index (κ3) is 27.4. The van der Waals surface area contributed by atoms with Crippen molar-refractivity contribution in [3.05, 3.63) is 0 Å². The highest BCUT2D eigenvalue weighted by atomic mass is 16.3. The number of aliphatic hydroxyl groups is 1. The van der Waals surface area contributed by atoms with Gasteiger partial charge in [-0.3, -0.25) is 4.79 Å². The van der Waals surface area contributed by atoms with Crippen LogP contribution in [0.2, 0.25) is 0 Å². The first-order chi connectivity index (χ1) is 15.3. The van der Waals surface area contributed by atoms with Gasteiger partial charge in [0.05, 0.1) is 0 Å². The first-order valence-corrected chi connectivity index (χ1v) is 14.2. The van der Waals surface area contributed by atoms with Gasteiger partial charge in [0.15, 0.2) is 0 Å². The van der Waals surface area contributed by atoms with E-state index < -0.39 is 0 Å². The lowest BCUT2D eigenvalue weighted by molar-refractivity contribution is -0.121. The van der Waals surface area contributed by atoms with Crippen molar-refractivity contribution in [1.82, 2.24) is 5.32 Å². The maximum absolute atomic E-state index is 11.4. The molecule has 0 bridgehead atoms. The van der Waals surface area contributed by atoms with Gasteiger partial charge in [-0.15, -0.1) is 0 Å². The summed E-state index contributed by atoms with van der Waals surface area (Å²) in [6, 6.07) is 0. The highest BCUT2D eigenvalue weighted by Gasteiger charge is 1.99. The lowest BCUT2D eigenvalue weighted by Crippen LogP contribution is -2.24. The molecule has 0 atom stereocenters. The molecular formula is C28H57NO2. The number of hydrogen-bond donors (Lipinski definition) is 2. The van der Waals surface area contributed by atoms with Gasteiger partial charge in [-0.25, -0.2) is 0 Å². The van der Waals surface area contributed by atoms with Gasteiger partial charge in [0, 0.05) is 19.6 Å². The third-order valence-corrected chi connectivity index (χ3v) is 6.41. The van der Waals surface area contributed by atoms with Gasteiger partial charge >= 0.3 is 0 Å². The van der Waals surface area contributed by atoms with Crippen LogP contribution in [0.1, 0.15) is 161 Å². The fourth-order valence-electron chi connectivity index (χ4n) is 4.29. The molecule has 3 nitrogen and oxygen atoms in total. The standard InChI is InChI=1S/C28H57NO2/c1-2-3-4-5-6-7-8-9-10-11-12-13-14-15-16-17-18-19-20-21-22-23-26-29-28(31)25-24-27-30/h30H,2-27H2,1H3,(H,29,31). The van der Waals surface area contributed by atoms with Crippen LogP contribution in [0, 0.1) is 0 Å². The highest BCUT2D eigenvalue weighted by molar-refractivity contribution is 5.75. The van der Waals surface area contributed by atoms with Crippen LogP contribution in [-0.2, 0) is 4.79 Å². The molecule has 0 aliphatic carbocycles. The molecule has 0 aliphatic heterocycles. The molecule has 0 heterocycles. The number of aliphatic hydroxyl groups excluding tert-OH is 1. The van der Waals surface area contributed by atoms with E-state index in [1.165, 1.54) is 135 Å². The first kappa shape index (κ1) is 30.4. The second kappa shape index (κ2) is 27.5. The van der Waals surface area contributed by atoms with Crippen molar-refractivity contribution < 1.29 is 9.90 Å². The minimum absolute atomic E-state index is 0.0811. The molecule has 2 N–H and O–H groups in total. The largest absolute Gasteiger partial charge is 0.396 e. The quantitative estimate of drug-likeness (QED) is 0.133. The van der Waals surface area contributed by atoms with E-state index in [1.807, 2.05) is 0 Å². The molecule has 0 fully saturated rings. The molecule has 0 spiro atoms. The lowest BCUT2D eigenvalue weighted by atomic mass is 10.0. The van der Waals surface area contributed by atoms with E-state index in [0.717, 1.165) is 13.0 Å². The van der Waals surface area contributed by atoms with Crippen LogP contribution >= 0.6 is 0 Å². The molecule has 3 heteroatoms. The van der Waals surface area contributed by atoms with Crippen molar-refractivity contribution in [2.75, 3.05) is 13.2 Å². The SMILES string of the molecule is CCCCCCCCCCCCCCCCCCCCCCCCNC(=O)CCCO. The molecule has 186 valence electrons. The maximum Gasteiger partial charge on any atom is 0.220 e. The van der Waals surface area contributed by atoms with Crippen LogP contribution in [0.15, 0.2) is 0 Å². The van der Waals surface area contributed by atoms with E-state index in [1.54, 1.807) is 0 Å². The summed E-state index contributed by atoms with van der Waals surface area (Å²) >= 11 is 0. The minimum atomic E-state index is 0.0811. The molecule has 0 saturated carbocycles. The van der Waals surface area contributed by atoms with Gasteiger partial charge in [0.25, 0.3) is 0 Å². The molecular weight excluding hydrogens is 382 g/mol. The van der Waals surface area contributed by atoms with Crippen LogP contribution in [0.4, 0.5) is 0 Å². The fourth-order valence-corrected chi connectivity index (χ4v) is 4.29. The Morgan fingerprint density at radius 2 is 0.839 bits per heavy atom. The summed E-state index contributed by atoms with van der Waals surface area (Å²) in [6.07, 6.45) is 31.9. The van der Waals surface area contributed by atoms with Crippen molar-refractivity contribution >= 4 is 5.91 Å². The molecule has 0 unspecified atom stereocenters. The van der Waals surface area contributed by atoms with E-state index in [4.69, 9.17) is 5.11 Å². The molecule has 0 saturated heterocycles. The fraction of sp³-hybridized carbons (Fsp3) is 0.964. The molecule has 31 heavy (non-hydrogen) atoms. The smallest absolute Gasteiger partial charge is 0.220 e. The molecule has 0 aromatic carbocycles. The maximum atomic E-state index is 11.4. The second-order valence-corrected chi connectivity index (χ2v) is 9.60. The number of hydrogen-bond acceptors (Lipinski definition) is 2. The van der Waals surface area contributed by atoms with E-state index >= 15 is 0 Å². The van der Waals surface area contributed by atoms with Gasteiger partial charge < -0.3 is 10.4 Å². The summed E-state index contributed by atoms with van der Waals surface area (Å²) in [5.41, 5.74) is 0. The monoisotopic (exact) mass is 439 g/mol. The number of unbranched alkanes of at least 4 members (excludes halogenated alkanes) is 21. The zero-order valence-electron chi connectivity index (χ0n) is 21.2. The molecule has 0 aliphatic rings. The number of rotatable bonds is 26. The lowest BCUT2D eigenvalue weighted by Gasteiger charge is -2.05. The summed E-state index contributed by atoms with van der Waals surface area (Å²) in [6.45, 7) is 3.19. The Hall–Kier alpha value is -0.570. The molecule has 0 rings (SSSR count). The van der Waals surface area contributed by atoms with Crippen molar-refractivity contribution in [1.29, 1.82) is 0 Å². The number of carbonyl (C=O) groups is 1. The van der Waals surface area contributed by atoms with Crippen LogP contribution in [0.5, 0.6) is 0 Å². The van der Waals surface area contributed by atoms with Crippen LogP contribution < -0.4 is 5.32 Å². The average molecular weight is 440 g/mol. The molecule has 1 amide bonds. The van der Waals surface area contributed by atoms with Gasteiger partial charge in [0.1, 0.15) is 0 Å². The third-order valence-electron chi connectivity index (χ3n) is 6.41. The average Bonchev–Trinajstić information content (AvgIpc) is 2.78. The normalized spacial score (nSPS) is 11.2. The summed E-state index contributed by atoms with van der Waals surface area (Å²) in [7, 11) is 0. The van der Waals surface area contributed by atoms with Gasteiger partial charge in [-0.05, 0) is 12.8 Å². The van der Waals surface area contributed by atoms with Gasteiger partial charge in [-0.1, -0.05) is 142 Å². The molecule has 0 aromatic heterocycles. The highest BCUT2D eigenvalue weighted by Crippen LogP contribution is 2.15. The van der Waals surface area contributed by atoms with E-state index in [0.29, 0.717) is 12.8 Å². The van der Waals surface area contributed by atoms with Crippen molar-refractivity contribution in [2.24, 2.45) is 0 Å². The van der Waals surface area contributed by atoms with Crippen molar-refractivity contribution in [2.45, 2.75) is 161 Å². The van der Waals surface area contributed by atoms with Gasteiger partial charge in [0.2, 0.25) is 5.91 Å². The predicted octanol–water partition coefficient (Wildman–Crippen LogP) is 8.48. The summed E-state index contributed by atoms with van der Waals surface area (Å²) in [5, 5.41) is 11.6. The Bertz CT molecular complexity index is 346. The number of carbonyl (C=O) groups excluding carboxylic acids is 1. The summed E-state index contributed by atoms with van der Waals surface area (Å²) in [5.74, 6) is 0.0811. The Morgan fingerprint density at radius 1 is 0.516 bits per heavy atom. The van der Waals surface area contributed by atoms with E-state index in [9.17, 15) is 4.79 Å². The summed E-state index contributed by atoms with van der Waals surface area (Å²) < 4.78 is 0. The minimum Gasteiger partial charge on any atom is -0.396 e. The van der Waals surface area contributed by atoms with Crippen LogP contribution in [-0.4, -0.2) is 24.2 Å². The van der Waals surface area contributed by atoms with Crippen molar-refractivity contribution in [3.63, 3.8) is 0 Å². The predicted molar refractivity (Wildman–Crippen MR) is 137 cm³/mol. The zero-order chi connectivity index (χ0) is 22.7. The Labute approximate surface area is 195 Å². The number of amides is 1. The topological polar surface area (TPSA) is 49.3 Å². The molecule has 0 aromatic rings.